The predicted octanol–water partition coefficient (Wildman–Crippen LogP) is 3.06. The molecule has 1 aromatic rings. The average Bonchev–Trinajstić information content (AvgIpc) is 2.19. The molecule has 0 unspecified atom stereocenters. The topological polar surface area (TPSA) is 46.3 Å². The second-order valence-corrected chi connectivity index (χ2v) is 5.43. The van der Waals surface area contributed by atoms with Crippen LogP contribution in [0.15, 0.2) is 24.3 Å². The molecule has 0 saturated carbocycles. The Hall–Kier alpha value is -1.51. The Labute approximate surface area is 104 Å². The van der Waals surface area contributed by atoms with Gasteiger partial charge in [0.2, 0.25) is 5.91 Å². The van der Waals surface area contributed by atoms with E-state index in [2.05, 4.69) is 20.8 Å². The molecule has 1 aromatic carbocycles. The summed E-state index contributed by atoms with van der Waals surface area (Å²) in [5.41, 5.74) is 7.36. The van der Waals surface area contributed by atoms with Gasteiger partial charge in [-0.3, -0.25) is 4.79 Å². The van der Waals surface area contributed by atoms with Crippen molar-refractivity contribution < 1.29 is 4.79 Å². The maximum absolute atomic E-state index is 12.2. The van der Waals surface area contributed by atoms with Crippen molar-refractivity contribution in [3.05, 3.63) is 24.3 Å². The number of hydrogen-bond donors (Lipinski definition) is 1. The van der Waals surface area contributed by atoms with E-state index in [0.717, 1.165) is 5.69 Å². The molecule has 0 heterocycles. The number of benzene rings is 1. The SMILES string of the molecule is CCN(C(=O)CC(C)(C)C)c1ccccc1N. The minimum atomic E-state index is -0.00591. The number of carbonyl (C=O) groups excluding carboxylic acids is 1. The zero-order chi connectivity index (χ0) is 13.1. The summed E-state index contributed by atoms with van der Waals surface area (Å²) in [5.74, 6) is 0.123. The standard InChI is InChI=1S/C14H22N2O/c1-5-16(13(17)10-14(2,3)4)12-9-7-6-8-11(12)15/h6-9H,5,10,15H2,1-4H3. The quantitative estimate of drug-likeness (QED) is 0.817. The lowest BCUT2D eigenvalue weighted by Gasteiger charge is -2.26. The van der Waals surface area contributed by atoms with Gasteiger partial charge in [-0.2, -0.15) is 0 Å². The molecule has 1 rings (SSSR count). The molecule has 0 fully saturated rings. The first-order valence-electron chi connectivity index (χ1n) is 6.00. The number of nitrogens with two attached hydrogens (primary N) is 1. The number of nitrogen functional groups attached to an aromatic ring is 1. The Morgan fingerprint density at radius 1 is 1.29 bits per heavy atom. The van der Waals surface area contributed by atoms with Crippen LogP contribution >= 0.6 is 0 Å². The lowest BCUT2D eigenvalue weighted by atomic mass is 9.91. The Bertz CT molecular complexity index is 393. The van der Waals surface area contributed by atoms with Gasteiger partial charge in [-0.05, 0) is 24.5 Å². The van der Waals surface area contributed by atoms with E-state index in [-0.39, 0.29) is 11.3 Å². The second-order valence-electron chi connectivity index (χ2n) is 5.43. The maximum Gasteiger partial charge on any atom is 0.227 e. The molecule has 1 amide bonds. The Kier molecular flexibility index (Phi) is 4.16. The van der Waals surface area contributed by atoms with Crippen LogP contribution in [0, 0.1) is 5.41 Å². The molecule has 17 heavy (non-hydrogen) atoms. The summed E-state index contributed by atoms with van der Waals surface area (Å²) in [6, 6.07) is 7.49. The first-order valence-corrected chi connectivity index (χ1v) is 6.00. The first-order chi connectivity index (χ1) is 7.85. The van der Waals surface area contributed by atoms with Crippen molar-refractivity contribution in [1.82, 2.24) is 0 Å². The van der Waals surface area contributed by atoms with Crippen LogP contribution in [-0.2, 0) is 4.79 Å². The van der Waals surface area contributed by atoms with E-state index in [1.807, 2.05) is 31.2 Å². The summed E-state index contributed by atoms with van der Waals surface area (Å²) in [7, 11) is 0. The highest BCUT2D eigenvalue weighted by Gasteiger charge is 2.22. The Balaban J connectivity index is 2.93. The monoisotopic (exact) mass is 234 g/mol. The molecular weight excluding hydrogens is 212 g/mol. The van der Waals surface area contributed by atoms with Gasteiger partial charge in [0.25, 0.3) is 0 Å². The highest BCUT2D eigenvalue weighted by molar-refractivity contribution is 5.96. The molecule has 0 radical (unpaired) electrons. The van der Waals surface area contributed by atoms with Crippen LogP contribution in [0.25, 0.3) is 0 Å². The number of nitrogens with zero attached hydrogens (tertiary/aromatic N) is 1. The summed E-state index contributed by atoms with van der Waals surface area (Å²) < 4.78 is 0. The summed E-state index contributed by atoms with van der Waals surface area (Å²) in [6.45, 7) is 8.80. The van der Waals surface area contributed by atoms with Gasteiger partial charge >= 0.3 is 0 Å². The smallest absolute Gasteiger partial charge is 0.227 e. The summed E-state index contributed by atoms with van der Waals surface area (Å²) >= 11 is 0. The summed E-state index contributed by atoms with van der Waals surface area (Å²) in [6.07, 6.45) is 0.523. The van der Waals surface area contributed by atoms with E-state index in [0.29, 0.717) is 18.7 Å². The van der Waals surface area contributed by atoms with E-state index in [1.54, 1.807) is 4.90 Å². The fraction of sp³-hybridized carbons (Fsp3) is 0.500. The minimum absolute atomic E-state index is 0.00591. The maximum atomic E-state index is 12.2. The third kappa shape index (κ3) is 3.77. The van der Waals surface area contributed by atoms with Gasteiger partial charge in [0, 0.05) is 13.0 Å². The second kappa shape index (κ2) is 5.21. The molecule has 0 aliphatic heterocycles. The molecular formula is C14H22N2O. The molecule has 3 nitrogen and oxygen atoms in total. The van der Waals surface area contributed by atoms with Gasteiger partial charge < -0.3 is 10.6 Å². The fourth-order valence-electron chi connectivity index (χ4n) is 1.76. The minimum Gasteiger partial charge on any atom is -0.397 e. The molecule has 0 aliphatic rings. The zero-order valence-electron chi connectivity index (χ0n) is 11.2. The molecule has 0 aromatic heterocycles. The van der Waals surface area contributed by atoms with E-state index in [1.165, 1.54) is 0 Å². The van der Waals surface area contributed by atoms with Crippen molar-refractivity contribution in [3.8, 4) is 0 Å². The van der Waals surface area contributed by atoms with Crippen molar-refractivity contribution in [3.63, 3.8) is 0 Å². The van der Waals surface area contributed by atoms with Gasteiger partial charge in [0.05, 0.1) is 11.4 Å². The van der Waals surface area contributed by atoms with Gasteiger partial charge in [0.15, 0.2) is 0 Å². The molecule has 0 saturated heterocycles. The molecule has 0 aliphatic carbocycles. The molecule has 0 spiro atoms. The number of amides is 1. The number of hydrogen-bond acceptors (Lipinski definition) is 2. The van der Waals surface area contributed by atoms with Crippen LogP contribution in [0.3, 0.4) is 0 Å². The van der Waals surface area contributed by atoms with Crippen LogP contribution in [0.1, 0.15) is 34.1 Å². The van der Waals surface area contributed by atoms with Crippen molar-refractivity contribution in [2.24, 2.45) is 5.41 Å². The molecule has 94 valence electrons. The van der Waals surface area contributed by atoms with Crippen LogP contribution in [0.4, 0.5) is 11.4 Å². The third-order valence-corrected chi connectivity index (χ3v) is 2.53. The normalized spacial score (nSPS) is 11.3. The predicted molar refractivity (Wildman–Crippen MR) is 73.0 cm³/mol. The third-order valence-electron chi connectivity index (χ3n) is 2.53. The van der Waals surface area contributed by atoms with Crippen LogP contribution in [0.5, 0.6) is 0 Å². The van der Waals surface area contributed by atoms with E-state index < -0.39 is 0 Å². The summed E-state index contributed by atoms with van der Waals surface area (Å²) in [4.78, 5) is 14.0. The van der Waals surface area contributed by atoms with Crippen molar-refractivity contribution in [2.45, 2.75) is 34.1 Å². The number of para-hydroxylation sites is 2. The van der Waals surface area contributed by atoms with Crippen LogP contribution < -0.4 is 10.6 Å². The number of carbonyl (C=O) groups is 1. The zero-order valence-corrected chi connectivity index (χ0v) is 11.2. The van der Waals surface area contributed by atoms with Gasteiger partial charge in [0.1, 0.15) is 0 Å². The Morgan fingerprint density at radius 2 is 1.88 bits per heavy atom. The fourth-order valence-corrected chi connectivity index (χ4v) is 1.76. The lowest BCUT2D eigenvalue weighted by molar-refractivity contribution is -0.120. The molecule has 2 N–H and O–H groups in total. The van der Waals surface area contributed by atoms with E-state index in [9.17, 15) is 4.79 Å². The average molecular weight is 234 g/mol. The van der Waals surface area contributed by atoms with Crippen LogP contribution in [0.2, 0.25) is 0 Å². The van der Waals surface area contributed by atoms with Gasteiger partial charge in [-0.1, -0.05) is 32.9 Å². The van der Waals surface area contributed by atoms with Crippen molar-refractivity contribution >= 4 is 17.3 Å². The van der Waals surface area contributed by atoms with Crippen LogP contribution in [-0.4, -0.2) is 12.5 Å². The summed E-state index contributed by atoms with van der Waals surface area (Å²) in [5, 5.41) is 0. The van der Waals surface area contributed by atoms with Crippen molar-refractivity contribution in [2.75, 3.05) is 17.2 Å². The lowest BCUT2D eigenvalue weighted by Crippen LogP contribution is -2.33. The number of anilines is 2. The van der Waals surface area contributed by atoms with E-state index in [4.69, 9.17) is 5.73 Å². The highest BCUT2D eigenvalue weighted by atomic mass is 16.2. The highest BCUT2D eigenvalue weighted by Crippen LogP contribution is 2.26. The molecule has 3 heteroatoms. The number of rotatable bonds is 3. The van der Waals surface area contributed by atoms with Gasteiger partial charge in [-0.25, -0.2) is 0 Å². The first kappa shape index (κ1) is 13.6. The Morgan fingerprint density at radius 3 is 2.35 bits per heavy atom. The van der Waals surface area contributed by atoms with E-state index >= 15 is 0 Å². The van der Waals surface area contributed by atoms with Gasteiger partial charge in [-0.15, -0.1) is 0 Å². The molecule has 0 atom stereocenters. The molecule has 0 bridgehead atoms. The largest absolute Gasteiger partial charge is 0.397 e. The van der Waals surface area contributed by atoms with Crippen molar-refractivity contribution in [1.29, 1.82) is 0 Å².